The van der Waals surface area contributed by atoms with Crippen LogP contribution in [0.1, 0.15) is 11.3 Å². The number of amides is 1. The number of benzene rings is 2. The zero-order valence-corrected chi connectivity index (χ0v) is 19.8. The minimum atomic E-state index is -3.83. The summed E-state index contributed by atoms with van der Waals surface area (Å²) in [5.74, 6) is -0.174. The van der Waals surface area contributed by atoms with Gasteiger partial charge in [-0.25, -0.2) is 18.4 Å². The number of sulfonamides is 1. The van der Waals surface area contributed by atoms with Crippen molar-refractivity contribution < 1.29 is 13.2 Å². The van der Waals surface area contributed by atoms with Crippen molar-refractivity contribution in [2.24, 2.45) is 0 Å². The summed E-state index contributed by atoms with van der Waals surface area (Å²) >= 11 is 7.44. The van der Waals surface area contributed by atoms with Crippen LogP contribution in [0.4, 0.5) is 10.8 Å². The highest BCUT2D eigenvalue weighted by Gasteiger charge is 2.18. The van der Waals surface area contributed by atoms with Crippen LogP contribution in [-0.2, 0) is 21.2 Å². The first-order chi connectivity index (χ1) is 15.8. The largest absolute Gasteiger partial charge is 0.302 e. The molecule has 0 saturated carbocycles. The zero-order chi connectivity index (χ0) is 23.4. The maximum atomic E-state index is 12.7. The molecule has 0 fully saturated rings. The van der Waals surface area contributed by atoms with Gasteiger partial charge in [-0.1, -0.05) is 71.5 Å². The summed E-state index contributed by atoms with van der Waals surface area (Å²) in [7, 11) is -3.83. The lowest BCUT2D eigenvalue weighted by atomic mass is 10.1. The first-order valence-corrected chi connectivity index (χ1v) is 12.5. The van der Waals surface area contributed by atoms with Crippen LogP contribution in [0.15, 0.2) is 77.8 Å². The van der Waals surface area contributed by atoms with Crippen molar-refractivity contribution in [2.75, 3.05) is 10.0 Å². The molecular formula is C23H19ClN4O3S2. The molecule has 0 atom stereocenters. The van der Waals surface area contributed by atoms with Gasteiger partial charge in [-0.2, -0.15) is 0 Å². The topological polar surface area (TPSA) is 101 Å². The third-order valence-electron chi connectivity index (χ3n) is 4.65. The summed E-state index contributed by atoms with van der Waals surface area (Å²) in [6.07, 6.45) is 1.78. The van der Waals surface area contributed by atoms with E-state index >= 15 is 0 Å². The van der Waals surface area contributed by atoms with E-state index in [9.17, 15) is 13.2 Å². The van der Waals surface area contributed by atoms with Gasteiger partial charge in [-0.15, -0.1) is 0 Å². The standard InChI is InChI=1S/C23H19ClN4O3S2/c1-15-21(32-23(26-15)27-20(29)12-16-8-4-2-5-9-16)17-13-19(22(24)25-14-17)28-33(30,31)18-10-6-3-7-11-18/h2-11,13-14,28H,12H2,1H3,(H,26,27,29). The SMILES string of the molecule is Cc1nc(NC(=O)Cc2ccccc2)sc1-c1cnc(Cl)c(NS(=O)(=O)c2ccccc2)c1. The molecule has 2 heterocycles. The second-order valence-corrected chi connectivity index (χ2v) is 10.2. The molecule has 33 heavy (non-hydrogen) atoms. The van der Waals surface area contributed by atoms with Crippen LogP contribution in [0, 0.1) is 6.92 Å². The van der Waals surface area contributed by atoms with Crippen LogP contribution in [0.2, 0.25) is 5.15 Å². The number of halogens is 1. The molecule has 10 heteroatoms. The van der Waals surface area contributed by atoms with E-state index in [0.29, 0.717) is 16.4 Å². The van der Waals surface area contributed by atoms with Crippen molar-refractivity contribution in [3.05, 3.63) is 89.3 Å². The Balaban J connectivity index is 1.55. The molecule has 0 spiro atoms. The van der Waals surface area contributed by atoms with Gasteiger partial charge in [0.15, 0.2) is 10.3 Å². The highest BCUT2D eigenvalue weighted by atomic mass is 35.5. The summed E-state index contributed by atoms with van der Waals surface area (Å²) in [6, 6.07) is 19.0. The van der Waals surface area contributed by atoms with E-state index in [4.69, 9.17) is 11.6 Å². The van der Waals surface area contributed by atoms with Crippen molar-refractivity contribution in [1.82, 2.24) is 9.97 Å². The van der Waals surface area contributed by atoms with Crippen LogP contribution < -0.4 is 10.0 Å². The first-order valence-electron chi connectivity index (χ1n) is 9.87. The summed E-state index contributed by atoms with van der Waals surface area (Å²) in [6.45, 7) is 1.81. The Hall–Kier alpha value is -3.27. The first kappa shape index (κ1) is 22.9. The van der Waals surface area contributed by atoms with Gasteiger partial charge in [0.1, 0.15) is 0 Å². The minimum absolute atomic E-state index is 0.0248. The number of aryl methyl sites for hydroxylation is 1. The molecular weight excluding hydrogens is 480 g/mol. The molecule has 0 bridgehead atoms. The van der Waals surface area contributed by atoms with Crippen LogP contribution in [0.3, 0.4) is 0 Å². The molecule has 2 aromatic carbocycles. The van der Waals surface area contributed by atoms with Crippen molar-refractivity contribution >= 4 is 49.7 Å². The average molecular weight is 499 g/mol. The summed E-state index contributed by atoms with van der Waals surface area (Å²) in [5.41, 5.74) is 2.36. The van der Waals surface area contributed by atoms with E-state index in [0.717, 1.165) is 10.4 Å². The number of pyridine rings is 1. The molecule has 1 amide bonds. The lowest BCUT2D eigenvalue weighted by Crippen LogP contribution is -2.14. The average Bonchev–Trinajstić information content (AvgIpc) is 3.16. The summed E-state index contributed by atoms with van der Waals surface area (Å²) in [4.78, 5) is 21.8. The van der Waals surface area contributed by atoms with Crippen molar-refractivity contribution in [1.29, 1.82) is 0 Å². The van der Waals surface area contributed by atoms with Crippen LogP contribution in [-0.4, -0.2) is 24.3 Å². The van der Waals surface area contributed by atoms with Gasteiger partial charge >= 0.3 is 0 Å². The maximum Gasteiger partial charge on any atom is 0.261 e. The minimum Gasteiger partial charge on any atom is -0.302 e. The Morgan fingerprint density at radius 1 is 1.06 bits per heavy atom. The van der Waals surface area contributed by atoms with Gasteiger partial charge in [-0.3, -0.25) is 9.52 Å². The smallest absolute Gasteiger partial charge is 0.261 e. The molecule has 0 aliphatic carbocycles. The maximum absolute atomic E-state index is 12.7. The van der Waals surface area contributed by atoms with Crippen molar-refractivity contribution in [3.8, 4) is 10.4 Å². The Bertz CT molecular complexity index is 1390. The number of aromatic nitrogens is 2. The molecule has 2 aromatic heterocycles. The van der Waals surface area contributed by atoms with Crippen molar-refractivity contribution in [3.63, 3.8) is 0 Å². The third-order valence-corrected chi connectivity index (χ3v) is 7.45. The van der Waals surface area contributed by atoms with E-state index in [1.54, 1.807) is 37.4 Å². The number of carbonyl (C=O) groups excluding carboxylic acids is 1. The number of anilines is 2. The van der Waals surface area contributed by atoms with E-state index in [2.05, 4.69) is 20.0 Å². The number of thiazole rings is 1. The molecule has 4 aromatic rings. The Morgan fingerprint density at radius 3 is 2.42 bits per heavy atom. The number of hydrogen-bond donors (Lipinski definition) is 2. The highest BCUT2D eigenvalue weighted by Crippen LogP contribution is 2.35. The molecule has 0 radical (unpaired) electrons. The second-order valence-electron chi connectivity index (χ2n) is 7.13. The number of carbonyl (C=O) groups is 1. The predicted octanol–water partition coefficient (Wildman–Crippen LogP) is 5.15. The molecule has 4 rings (SSSR count). The predicted molar refractivity (Wildman–Crippen MR) is 131 cm³/mol. The summed E-state index contributed by atoms with van der Waals surface area (Å²) in [5, 5.41) is 3.29. The molecule has 0 unspecified atom stereocenters. The number of nitrogens with one attached hydrogen (secondary N) is 2. The van der Waals surface area contributed by atoms with Gasteiger partial charge in [0, 0.05) is 11.8 Å². The van der Waals surface area contributed by atoms with E-state index in [1.165, 1.54) is 23.5 Å². The molecule has 0 saturated heterocycles. The molecule has 2 N–H and O–H groups in total. The van der Waals surface area contributed by atoms with Gasteiger partial charge in [0.2, 0.25) is 5.91 Å². The van der Waals surface area contributed by atoms with Gasteiger partial charge in [0.25, 0.3) is 10.0 Å². The van der Waals surface area contributed by atoms with Gasteiger partial charge < -0.3 is 5.32 Å². The Morgan fingerprint density at radius 2 is 1.73 bits per heavy atom. The number of rotatable bonds is 7. The monoisotopic (exact) mass is 498 g/mol. The van der Waals surface area contributed by atoms with Gasteiger partial charge in [0.05, 0.1) is 27.6 Å². The van der Waals surface area contributed by atoms with E-state index < -0.39 is 10.0 Å². The lowest BCUT2D eigenvalue weighted by Gasteiger charge is -2.10. The lowest BCUT2D eigenvalue weighted by molar-refractivity contribution is -0.115. The van der Waals surface area contributed by atoms with E-state index in [-0.39, 0.29) is 28.1 Å². The quantitative estimate of drug-likeness (QED) is 0.343. The van der Waals surface area contributed by atoms with Crippen LogP contribution >= 0.6 is 22.9 Å². The van der Waals surface area contributed by atoms with Crippen LogP contribution in [0.25, 0.3) is 10.4 Å². The number of nitrogens with zero attached hydrogens (tertiary/aromatic N) is 2. The Kier molecular flexibility index (Phi) is 6.73. The fourth-order valence-corrected chi connectivity index (χ4v) is 5.36. The second kappa shape index (κ2) is 9.70. The van der Waals surface area contributed by atoms with Crippen molar-refractivity contribution in [2.45, 2.75) is 18.2 Å². The molecule has 0 aliphatic rings. The Labute approximate surface area is 200 Å². The third kappa shape index (κ3) is 5.57. The molecule has 7 nitrogen and oxygen atoms in total. The van der Waals surface area contributed by atoms with E-state index in [1.807, 2.05) is 30.3 Å². The molecule has 0 aliphatic heterocycles. The zero-order valence-electron chi connectivity index (χ0n) is 17.4. The fraction of sp³-hybridized carbons (Fsp3) is 0.0870. The fourth-order valence-electron chi connectivity index (χ4n) is 3.11. The van der Waals surface area contributed by atoms with Crippen LogP contribution in [0.5, 0.6) is 0 Å². The summed E-state index contributed by atoms with van der Waals surface area (Å²) < 4.78 is 27.9. The number of hydrogen-bond acceptors (Lipinski definition) is 6. The normalized spacial score (nSPS) is 11.2. The highest BCUT2D eigenvalue weighted by molar-refractivity contribution is 7.92. The molecule has 168 valence electrons. The van der Waals surface area contributed by atoms with Gasteiger partial charge in [-0.05, 0) is 30.7 Å².